The van der Waals surface area contributed by atoms with Crippen molar-refractivity contribution >= 4 is 10.8 Å². The van der Waals surface area contributed by atoms with Crippen LogP contribution < -0.4 is 0 Å². The number of aromatic amines is 1. The summed E-state index contributed by atoms with van der Waals surface area (Å²) in [7, 11) is 0. The summed E-state index contributed by atoms with van der Waals surface area (Å²) in [5.74, 6) is 0. The fraction of sp³-hybridized carbons (Fsp3) is 0.273. The summed E-state index contributed by atoms with van der Waals surface area (Å²) in [5.41, 5.74) is 2.69. The molecule has 1 nitrogen and oxygen atoms in total. The zero-order chi connectivity index (χ0) is 8.55. The molecule has 0 unspecified atom stereocenters. The van der Waals surface area contributed by atoms with Crippen LogP contribution >= 0.6 is 0 Å². The van der Waals surface area contributed by atoms with Crippen LogP contribution in [0.4, 0.5) is 0 Å². The van der Waals surface area contributed by atoms with E-state index in [-0.39, 0.29) is 0 Å². The Kier molecular flexibility index (Phi) is 1.65. The maximum Gasteiger partial charge on any atom is 0.0195 e. The number of H-pyrrole nitrogens is 1. The fourth-order valence-corrected chi connectivity index (χ4v) is 1.68. The third kappa shape index (κ3) is 0.934. The van der Waals surface area contributed by atoms with Crippen LogP contribution in [0.5, 0.6) is 0 Å². The van der Waals surface area contributed by atoms with Crippen molar-refractivity contribution in [3.8, 4) is 0 Å². The van der Waals surface area contributed by atoms with Crippen molar-refractivity contribution in [2.45, 2.75) is 20.3 Å². The van der Waals surface area contributed by atoms with Crippen molar-refractivity contribution in [2.75, 3.05) is 0 Å². The van der Waals surface area contributed by atoms with Gasteiger partial charge in [-0.25, -0.2) is 0 Å². The van der Waals surface area contributed by atoms with Gasteiger partial charge in [0.05, 0.1) is 0 Å². The Morgan fingerprint density at radius 3 is 2.83 bits per heavy atom. The molecule has 62 valence electrons. The van der Waals surface area contributed by atoms with Crippen molar-refractivity contribution in [3.05, 3.63) is 35.7 Å². The Morgan fingerprint density at radius 1 is 1.25 bits per heavy atom. The van der Waals surface area contributed by atoms with E-state index >= 15 is 0 Å². The van der Waals surface area contributed by atoms with Crippen LogP contribution in [-0.2, 0) is 6.42 Å². The first-order valence-corrected chi connectivity index (χ1v) is 4.38. The minimum absolute atomic E-state index is 1.11. The van der Waals surface area contributed by atoms with E-state index in [9.17, 15) is 0 Å². The van der Waals surface area contributed by atoms with E-state index in [1.807, 2.05) is 0 Å². The van der Waals surface area contributed by atoms with Gasteiger partial charge in [-0.05, 0) is 18.9 Å². The Balaban J connectivity index is 2.81. The number of benzene rings is 1. The average molecular weight is 159 g/mol. The number of hydrogen-bond acceptors (Lipinski definition) is 0. The quantitative estimate of drug-likeness (QED) is 0.658. The number of aryl methyl sites for hydroxylation is 2. The van der Waals surface area contributed by atoms with Crippen molar-refractivity contribution in [1.29, 1.82) is 0 Å². The maximum absolute atomic E-state index is 3.25. The predicted octanol–water partition coefficient (Wildman–Crippen LogP) is 3.04. The molecule has 0 bridgehead atoms. The third-order valence-electron chi connectivity index (χ3n) is 2.41. The van der Waals surface area contributed by atoms with Gasteiger partial charge in [0, 0.05) is 22.7 Å². The lowest BCUT2D eigenvalue weighted by molar-refractivity contribution is 1.16. The summed E-state index contributed by atoms with van der Waals surface area (Å²) >= 11 is 0. The highest BCUT2D eigenvalue weighted by Crippen LogP contribution is 2.21. The van der Waals surface area contributed by atoms with E-state index in [1.165, 1.54) is 22.0 Å². The summed E-state index contributed by atoms with van der Waals surface area (Å²) in [5, 5.41) is 2.73. The van der Waals surface area contributed by atoms with Gasteiger partial charge in [0.25, 0.3) is 0 Å². The minimum Gasteiger partial charge on any atom is -0.364 e. The maximum atomic E-state index is 3.25. The highest BCUT2D eigenvalue weighted by Gasteiger charge is 2.01. The van der Waals surface area contributed by atoms with Gasteiger partial charge in [0.15, 0.2) is 0 Å². The first-order chi connectivity index (χ1) is 5.83. The van der Waals surface area contributed by atoms with Crippen molar-refractivity contribution < 1.29 is 0 Å². The molecule has 0 radical (unpaired) electrons. The minimum atomic E-state index is 1.11. The van der Waals surface area contributed by atoms with Gasteiger partial charge in [-0.2, -0.15) is 0 Å². The van der Waals surface area contributed by atoms with E-state index in [4.69, 9.17) is 0 Å². The van der Waals surface area contributed by atoms with Crippen LogP contribution in [0, 0.1) is 6.92 Å². The van der Waals surface area contributed by atoms with Gasteiger partial charge in [0.2, 0.25) is 0 Å². The summed E-state index contributed by atoms with van der Waals surface area (Å²) in [6, 6.07) is 6.48. The first-order valence-electron chi connectivity index (χ1n) is 4.38. The SMILES string of the molecule is CCc1cccc2c(C)[nH]cc12. The molecule has 1 aromatic heterocycles. The smallest absolute Gasteiger partial charge is 0.0195 e. The standard InChI is InChI=1S/C11H13N/c1-3-9-5-4-6-10-8(2)12-7-11(9)10/h4-7,12H,3H2,1-2H3. The van der Waals surface area contributed by atoms with Gasteiger partial charge in [-0.3, -0.25) is 0 Å². The zero-order valence-electron chi connectivity index (χ0n) is 7.52. The molecular formula is C11H13N. The Labute approximate surface area is 72.4 Å². The van der Waals surface area contributed by atoms with Gasteiger partial charge in [-0.15, -0.1) is 0 Å². The Bertz CT molecular complexity index is 398. The summed E-state index contributed by atoms with van der Waals surface area (Å²) in [4.78, 5) is 3.25. The Morgan fingerprint density at radius 2 is 2.08 bits per heavy atom. The van der Waals surface area contributed by atoms with E-state index in [1.54, 1.807) is 0 Å². The second kappa shape index (κ2) is 2.67. The number of aromatic nitrogens is 1. The molecule has 12 heavy (non-hydrogen) atoms. The lowest BCUT2D eigenvalue weighted by Crippen LogP contribution is -1.79. The fourth-order valence-electron chi connectivity index (χ4n) is 1.68. The Hall–Kier alpha value is -1.24. The molecule has 2 aromatic rings. The zero-order valence-corrected chi connectivity index (χ0v) is 7.52. The molecular weight excluding hydrogens is 146 g/mol. The van der Waals surface area contributed by atoms with Crippen molar-refractivity contribution in [2.24, 2.45) is 0 Å². The lowest BCUT2D eigenvalue weighted by atomic mass is 10.1. The average Bonchev–Trinajstić information content (AvgIpc) is 2.48. The van der Waals surface area contributed by atoms with Crippen LogP contribution in [0.15, 0.2) is 24.4 Å². The topological polar surface area (TPSA) is 15.8 Å². The monoisotopic (exact) mass is 159 g/mol. The lowest BCUT2D eigenvalue weighted by Gasteiger charge is -1.97. The highest BCUT2D eigenvalue weighted by molar-refractivity contribution is 5.87. The number of hydrogen-bond donors (Lipinski definition) is 1. The van der Waals surface area contributed by atoms with Crippen LogP contribution in [-0.4, -0.2) is 4.98 Å². The van der Waals surface area contributed by atoms with Gasteiger partial charge in [0.1, 0.15) is 0 Å². The van der Waals surface area contributed by atoms with Crippen molar-refractivity contribution in [1.82, 2.24) is 4.98 Å². The van der Waals surface area contributed by atoms with Crippen LogP contribution in [0.25, 0.3) is 10.8 Å². The van der Waals surface area contributed by atoms with Crippen LogP contribution in [0.2, 0.25) is 0 Å². The molecule has 0 aliphatic carbocycles. The normalized spacial score (nSPS) is 10.8. The van der Waals surface area contributed by atoms with Gasteiger partial charge in [-0.1, -0.05) is 25.1 Å². The molecule has 0 fully saturated rings. The largest absolute Gasteiger partial charge is 0.364 e. The van der Waals surface area contributed by atoms with Crippen LogP contribution in [0.3, 0.4) is 0 Å². The molecule has 0 spiro atoms. The molecule has 0 atom stereocenters. The molecule has 0 saturated carbocycles. The second-order valence-corrected chi connectivity index (χ2v) is 3.15. The van der Waals surface area contributed by atoms with Crippen molar-refractivity contribution in [3.63, 3.8) is 0 Å². The molecule has 1 N–H and O–H groups in total. The molecule has 2 rings (SSSR count). The highest BCUT2D eigenvalue weighted by atomic mass is 14.7. The first kappa shape index (κ1) is 7.41. The molecule has 1 heterocycles. The van der Waals surface area contributed by atoms with E-state index in [0.717, 1.165) is 6.42 Å². The van der Waals surface area contributed by atoms with E-state index in [2.05, 4.69) is 43.2 Å². The number of nitrogens with one attached hydrogen (secondary N) is 1. The van der Waals surface area contributed by atoms with Crippen LogP contribution in [0.1, 0.15) is 18.2 Å². The number of fused-ring (bicyclic) bond motifs is 1. The molecule has 0 amide bonds. The molecule has 1 aromatic carbocycles. The predicted molar refractivity (Wildman–Crippen MR) is 52.4 cm³/mol. The molecule has 1 heteroatoms. The van der Waals surface area contributed by atoms with Gasteiger partial charge < -0.3 is 4.98 Å². The summed E-state index contributed by atoms with van der Waals surface area (Å²) in [6.45, 7) is 4.30. The van der Waals surface area contributed by atoms with E-state index in [0.29, 0.717) is 0 Å². The summed E-state index contributed by atoms with van der Waals surface area (Å²) in [6.07, 6.45) is 3.21. The van der Waals surface area contributed by atoms with E-state index < -0.39 is 0 Å². The molecule has 0 aliphatic rings. The van der Waals surface area contributed by atoms with Gasteiger partial charge >= 0.3 is 0 Å². The third-order valence-corrected chi connectivity index (χ3v) is 2.41. The second-order valence-electron chi connectivity index (χ2n) is 3.15. The molecule has 0 saturated heterocycles. The molecule has 0 aliphatic heterocycles. The summed E-state index contributed by atoms with van der Waals surface area (Å²) < 4.78 is 0. The number of rotatable bonds is 1.